The second-order valence-corrected chi connectivity index (χ2v) is 25.1. The molecule has 35 heavy (non-hydrogen) atoms. The molecule has 4 aromatic carbocycles. The number of hydrogen-bond acceptors (Lipinski definition) is 1. The van der Waals surface area contributed by atoms with E-state index in [1.165, 1.54) is 22.3 Å². The molecule has 2 atom stereocenters. The van der Waals surface area contributed by atoms with E-state index in [0.29, 0.717) is 7.25 Å². The van der Waals surface area contributed by atoms with Gasteiger partial charge in [-0.25, -0.2) is 0 Å². The van der Waals surface area contributed by atoms with Crippen LogP contribution in [0.2, 0.25) is 4.63 Å². The molecule has 0 fully saturated rings. The van der Waals surface area contributed by atoms with E-state index in [1.807, 2.05) is 0 Å². The molecule has 0 spiro atoms. The first-order valence-electron chi connectivity index (χ1n) is 12.0. The van der Waals surface area contributed by atoms with Gasteiger partial charge < -0.3 is 5.11 Å². The minimum absolute atomic E-state index is 0. The predicted octanol–water partition coefficient (Wildman–Crippen LogP) is 6.94. The molecule has 3 heteroatoms. The zero-order valence-electron chi connectivity index (χ0n) is 20.2. The fourth-order valence-electron chi connectivity index (χ4n) is 6.64. The van der Waals surface area contributed by atoms with E-state index in [0.717, 1.165) is 7.11 Å². The molecule has 0 bridgehead atoms. The van der Waals surface area contributed by atoms with Crippen molar-refractivity contribution in [3.63, 3.8) is 0 Å². The van der Waals surface area contributed by atoms with E-state index in [-0.39, 0.29) is 12.4 Å². The predicted molar refractivity (Wildman–Crippen MR) is 150 cm³/mol. The average molecular weight is 559 g/mol. The zero-order chi connectivity index (χ0) is 23.6. The Morgan fingerprint density at radius 3 is 1.26 bits per heavy atom. The Kier molecular flexibility index (Phi) is 7.48. The van der Waals surface area contributed by atoms with Gasteiger partial charge in [0.05, 0.1) is 0 Å². The van der Waals surface area contributed by atoms with Gasteiger partial charge in [-0.1, -0.05) is 0 Å². The van der Waals surface area contributed by atoms with E-state index in [4.69, 9.17) is 5.11 Å². The number of hydrogen-bond donors (Lipinski definition) is 1. The quantitative estimate of drug-likeness (QED) is 0.287. The molecular formula is C32H32ClOZr. The number of fused-ring (bicyclic) bond motifs is 2. The summed E-state index contributed by atoms with van der Waals surface area (Å²) in [6.07, 6.45) is 9.80. The van der Waals surface area contributed by atoms with Crippen molar-refractivity contribution in [2.24, 2.45) is 0 Å². The van der Waals surface area contributed by atoms with Gasteiger partial charge in [-0.05, 0) is 0 Å². The fraction of sp³-hybridized carbons (Fsp3) is 0.125. The molecule has 0 heterocycles. The SMILES string of the molecule is CO.Cl.[CH3][Zr]([c]1ccccc1)([c]1ccccc1)([CH]1C=Cc2ccccc21)[CH]1C=Cc2ccccc21. The van der Waals surface area contributed by atoms with Gasteiger partial charge >= 0.3 is 193 Å². The van der Waals surface area contributed by atoms with E-state index in [1.54, 1.807) is 6.54 Å². The van der Waals surface area contributed by atoms with Crippen LogP contribution in [0.4, 0.5) is 0 Å². The number of allylic oxidation sites excluding steroid dienone is 2. The van der Waals surface area contributed by atoms with Crippen LogP contribution in [0, 0.1) is 0 Å². The first-order chi connectivity index (χ1) is 16.7. The second-order valence-electron chi connectivity index (χ2n) is 9.61. The van der Waals surface area contributed by atoms with E-state index >= 15 is 0 Å². The Morgan fingerprint density at radius 1 is 0.514 bits per heavy atom. The van der Waals surface area contributed by atoms with Crippen LogP contribution < -0.4 is 6.54 Å². The van der Waals surface area contributed by atoms with Crippen molar-refractivity contribution >= 4 is 31.1 Å². The third-order valence-electron chi connectivity index (χ3n) is 8.28. The molecule has 0 saturated carbocycles. The first kappa shape index (κ1) is 25.6. The molecule has 0 aliphatic heterocycles. The van der Waals surface area contributed by atoms with Gasteiger partial charge in [0, 0.05) is 7.11 Å². The van der Waals surface area contributed by atoms with Gasteiger partial charge in [0.25, 0.3) is 0 Å². The van der Waals surface area contributed by atoms with Crippen molar-refractivity contribution in [2.75, 3.05) is 7.11 Å². The Hall–Kier alpha value is -2.51. The molecule has 2 aliphatic carbocycles. The summed E-state index contributed by atoms with van der Waals surface area (Å²) in [6.45, 7) is 0. The number of aliphatic hydroxyl groups is 1. The normalized spacial score (nSPS) is 18.3. The number of aliphatic hydroxyl groups excluding tert-OH is 1. The number of benzene rings is 4. The summed E-state index contributed by atoms with van der Waals surface area (Å²) < 4.78 is 6.62. The molecule has 1 nitrogen and oxygen atoms in total. The van der Waals surface area contributed by atoms with Gasteiger partial charge in [0.1, 0.15) is 0 Å². The summed E-state index contributed by atoms with van der Waals surface area (Å²) in [7, 11) is 1.00. The van der Waals surface area contributed by atoms with Crippen LogP contribution in [-0.4, -0.2) is 12.2 Å². The molecule has 0 radical (unpaired) electrons. The number of rotatable bonds is 4. The summed E-state index contributed by atoms with van der Waals surface area (Å²) >= 11 is -4.17. The summed E-state index contributed by atoms with van der Waals surface area (Å²) in [4.78, 5) is 0. The molecule has 0 saturated heterocycles. The van der Waals surface area contributed by atoms with Crippen molar-refractivity contribution in [3.8, 4) is 0 Å². The van der Waals surface area contributed by atoms with Crippen LogP contribution in [0.1, 0.15) is 29.5 Å². The van der Waals surface area contributed by atoms with Crippen molar-refractivity contribution in [1.29, 1.82) is 0 Å². The van der Waals surface area contributed by atoms with E-state index < -0.39 is 18.8 Å². The molecular weight excluding hydrogens is 527 g/mol. The minimum atomic E-state index is -4.17. The molecule has 2 unspecified atom stereocenters. The van der Waals surface area contributed by atoms with Gasteiger partial charge in [-0.15, -0.1) is 12.4 Å². The van der Waals surface area contributed by atoms with E-state index in [9.17, 15) is 0 Å². The average Bonchev–Trinajstić information content (AvgIpc) is 3.56. The fourth-order valence-corrected chi connectivity index (χ4v) is 25.4. The van der Waals surface area contributed by atoms with Crippen LogP contribution in [0.3, 0.4) is 0 Å². The standard InChI is InChI=1S/2C9H7.2C6H5.CH4O.CH3.ClH.Zr/c2*1-2-5-9-7-3-6-8(9)4-1;2*1-2-4-6-5-3-1;1-2;;;/h2*1-7H;2*1-5H;2H,1H3;1H3;1H;. The van der Waals surface area contributed by atoms with Crippen molar-refractivity contribution in [3.05, 3.63) is 144 Å². The monoisotopic (exact) mass is 557 g/mol. The maximum atomic E-state index is 7.00. The first-order valence-corrected chi connectivity index (χ1v) is 19.7. The molecule has 177 valence electrons. The van der Waals surface area contributed by atoms with E-state index in [2.05, 4.69) is 138 Å². The summed E-state index contributed by atoms with van der Waals surface area (Å²) in [5.74, 6) is 0. The Labute approximate surface area is 216 Å². The molecule has 6 rings (SSSR count). The van der Waals surface area contributed by atoms with Gasteiger partial charge in [0.2, 0.25) is 0 Å². The van der Waals surface area contributed by atoms with Crippen molar-refractivity contribution in [1.82, 2.24) is 0 Å². The third-order valence-corrected chi connectivity index (χ3v) is 27.8. The molecule has 4 aromatic rings. The summed E-state index contributed by atoms with van der Waals surface area (Å²) in [5.41, 5.74) is 5.74. The summed E-state index contributed by atoms with van der Waals surface area (Å²) in [6, 6.07) is 41.0. The Bertz CT molecular complexity index is 1260. The molecule has 0 aromatic heterocycles. The number of halogens is 1. The maximum absolute atomic E-state index is 7.00. The molecule has 2 aliphatic rings. The van der Waals surface area contributed by atoms with Crippen LogP contribution >= 0.6 is 12.4 Å². The molecule has 0 amide bonds. The molecule has 1 N–H and O–H groups in total. The van der Waals surface area contributed by atoms with Crippen LogP contribution in [0.25, 0.3) is 12.2 Å². The van der Waals surface area contributed by atoms with Crippen LogP contribution in [0.15, 0.2) is 121 Å². The topological polar surface area (TPSA) is 20.2 Å². The van der Waals surface area contributed by atoms with Gasteiger partial charge in [-0.2, -0.15) is 0 Å². The third kappa shape index (κ3) is 3.75. The van der Waals surface area contributed by atoms with Gasteiger partial charge in [0.15, 0.2) is 0 Å². The van der Waals surface area contributed by atoms with Crippen molar-refractivity contribution in [2.45, 2.75) is 11.9 Å². The Morgan fingerprint density at radius 2 is 0.857 bits per heavy atom. The van der Waals surface area contributed by atoms with Gasteiger partial charge in [-0.3, -0.25) is 0 Å². The summed E-state index contributed by atoms with van der Waals surface area (Å²) in [5, 5.41) is 7.00. The second kappa shape index (κ2) is 10.2. The van der Waals surface area contributed by atoms with Crippen LogP contribution in [-0.2, 0) is 18.8 Å². The van der Waals surface area contributed by atoms with Crippen LogP contribution in [0.5, 0.6) is 0 Å². The van der Waals surface area contributed by atoms with Crippen molar-refractivity contribution < 1.29 is 23.9 Å². The Balaban J connectivity index is 0.000000940. The zero-order valence-corrected chi connectivity index (χ0v) is 23.5.